The van der Waals surface area contributed by atoms with Crippen LogP contribution in [0, 0.1) is 0 Å². The Morgan fingerprint density at radius 1 is 0.750 bits per heavy atom. The summed E-state index contributed by atoms with van der Waals surface area (Å²) in [4.78, 5) is 33.2. The Morgan fingerprint density at radius 3 is 1.90 bits per heavy atom. The number of phenolic OH excluding ortho intramolecular Hbond substituents is 2. The van der Waals surface area contributed by atoms with Crippen LogP contribution < -0.4 is 30.4 Å². The molecule has 0 bridgehead atoms. The number of benzene rings is 5. The highest BCUT2D eigenvalue weighted by Gasteiger charge is 2.37. The number of hydrogen-bond donors (Lipinski definition) is 3. The van der Waals surface area contributed by atoms with Crippen LogP contribution in [-0.4, -0.2) is 49.3 Å². The number of ether oxygens (including phenoxy) is 3. The van der Waals surface area contributed by atoms with Gasteiger partial charge in [-0.2, -0.15) is 0 Å². The zero-order chi connectivity index (χ0) is 33.6. The van der Waals surface area contributed by atoms with Crippen molar-refractivity contribution in [1.29, 1.82) is 0 Å². The molecule has 9 nitrogen and oxygen atoms in total. The second-order valence-electron chi connectivity index (χ2n) is 13.7. The minimum atomic E-state index is -0.428. The molecule has 0 saturated heterocycles. The number of nitrogens with one attached hydrogen (secondary N) is 1. The number of aliphatic imine (C=N–C) groups is 1. The van der Waals surface area contributed by atoms with Crippen molar-refractivity contribution in [2.24, 2.45) is 4.99 Å². The summed E-state index contributed by atoms with van der Waals surface area (Å²) in [7, 11) is 4.48. The maximum atomic E-state index is 14.0. The molecular formula is C39H40N2O7. The molecule has 248 valence electrons. The lowest BCUT2D eigenvalue weighted by Gasteiger charge is -2.27. The fraction of sp³-hybridized carbons (Fsp3) is 0.410. The summed E-state index contributed by atoms with van der Waals surface area (Å²) < 4.78 is 17.8. The SMILES string of the molecule is COc1c(O)c2c(=O)cc(OC)c3c4c(OC)cc(=O)c5c(O)c(NC6CCCC6)c6c(c(c1C(C(C)=NC1CCCC1)C(C)=C6)c23)c54. The van der Waals surface area contributed by atoms with Crippen molar-refractivity contribution in [1.82, 2.24) is 0 Å². The highest BCUT2D eigenvalue weighted by molar-refractivity contribution is 6.40. The van der Waals surface area contributed by atoms with Gasteiger partial charge in [0.2, 0.25) is 0 Å². The van der Waals surface area contributed by atoms with Gasteiger partial charge in [-0.3, -0.25) is 14.6 Å². The maximum absolute atomic E-state index is 14.0. The molecule has 0 spiro atoms. The highest BCUT2D eigenvalue weighted by atomic mass is 16.5. The molecule has 9 heteroatoms. The van der Waals surface area contributed by atoms with Gasteiger partial charge >= 0.3 is 0 Å². The van der Waals surface area contributed by atoms with Gasteiger partial charge in [-0.1, -0.05) is 37.3 Å². The van der Waals surface area contributed by atoms with Gasteiger partial charge in [0.05, 0.1) is 37.8 Å². The zero-order valence-electron chi connectivity index (χ0n) is 28.0. The van der Waals surface area contributed by atoms with Crippen molar-refractivity contribution in [3.8, 4) is 28.7 Å². The predicted octanol–water partition coefficient (Wildman–Crippen LogP) is 7.59. The number of hydrogen-bond acceptors (Lipinski definition) is 9. The number of methoxy groups -OCH3 is 3. The quantitative estimate of drug-likeness (QED) is 0.0713. The molecule has 0 radical (unpaired) electrons. The second-order valence-corrected chi connectivity index (χ2v) is 13.7. The van der Waals surface area contributed by atoms with Gasteiger partial charge in [-0.25, -0.2) is 0 Å². The molecule has 48 heavy (non-hydrogen) atoms. The van der Waals surface area contributed by atoms with E-state index in [9.17, 15) is 19.8 Å². The van der Waals surface area contributed by atoms with Crippen molar-refractivity contribution in [2.45, 2.75) is 83.2 Å². The van der Waals surface area contributed by atoms with Crippen LogP contribution in [0.15, 0.2) is 32.3 Å². The molecule has 3 aliphatic rings. The van der Waals surface area contributed by atoms with Crippen LogP contribution in [0.1, 0.15) is 82.3 Å². The third kappa shape index (κ3) is 4.12. The summed E-state index contributed by atoms with van der Waals surface area (Å²) in [5, 5.41) is 31.5. The van der Waals surface area contributed by atoms with E-state index in [1.54, 1.807) is 0 Å². The minimum absolute atomic E-state index is 0.0986. The Labute approximate surface area is 277 Å². The topological polar surface area (TPSA) is 127 Å². The Morgan fingerprint density at radius 2 is 1.31 bits per heavy atom. The molecule has 0 heterocycles. The van der Waals surface area contributed by atoms with Crippen LogP contribution in [0.2, 0.25) is 0 Å². The lowest BCUT2D eigenvalue weighted by molar-refractivity contribution is 0.373. The standard InChI is InChI=1S/C39H40N2O7/c1-17-14-21-27-32-28(37(44)36(21)41-20-12-8-9-13-20)22(42)15-24(46-3)30(32)31-25(47-4)16-23(43)29-34(31)33(27)35(39(48-5)38(29)45)26(17)18(2)40-19-10-6-7-11-19/h14-16,19-20,26,41,44-45H,6-13H2,1-5H3. The van der Waals surface area contributed by atoms with Gasteiger partial charge in [0.1, 0.15) is 11.5 Å². The molecule has 1 unspecified atom stereocenters. The third-order valence-corrected chi connectivity index (χ3v) is 11.1. The van der Waals surface area contributed by atoms with E-state index in [-0.39, 0.29) is 57.0 Å². The number of allylic oxidation sites excluding steroid dienone is 1. The predicted molar refractivity (Wildman–Crippen MR) is 192 cm³/mol. The molecule has 5 aromatic rings. The second kappa shape index (κ2) is 11.1. The number of phenols is 2. The number of nitrogens with zero attached hydrogens (tertiary/aromatic N) is 1. The van der Waals surface area contributed by atoms with Crippen LogP contribution >= 0.6 is 0 Å². The molecular weight excluding hydrogens is 608 g/mol. The molecule has 3 N–H and O–H groups in total. The van der Waals surface area contributed by atoms with E-state index in [1.807, 2.05) is 13.8 Å². The van der Waals surface area contributed by atoms with Gasteiger partial charge in [-0.05, 0) is 44.9 Å². The summed E-state index contributed by atoms with van der Waals surface area (Å²) >= 11 is 0. The number of anilines is 1. The van der Waals surface area contributed by atoms with Crippen molar-refractivity contribution < 1.29 is 24.4 Å². The summed E-state index contributed by atoms with van der Waals surface area (Å²) in [5.74, 6) is -0.0432. The monoisotopic (exact) mass is 648 g/mol. The van der Waals surface area contributed by atoms with Crippen LogP contribution in [0.25, 0.3) is 49.2 Å². The number of aromatic hydroxyl groups is 2. The van der Waals surface area contributed by atoms with Crippen molar-refractivity contribution in [3.05, 3.63) is 49.3 Å². The first kappa shape index (κ1) is 30.5. The van der Waals surface area contributed by atoms with Crippen molar-refractivity contribution >= 4 is 60.6 Å². The molecule has 0 aliphatic heterocycles. The molecule has 2 fully saturated rings. The summed E-state index contributed by atoms with van der Waals surface area (Å²) in [6.45, 7) is 4.06. The first-order valence-corrected chi connectivity index (χ1v) is 16.9. The third-order valence-electron chi connectivity index (χ3n) is 11.1. The van der Waals surface area contributed by atoms with Crippen LogP contribution in [-0.2, 0) is 0 Å². The van der Waals surface area contributed by atoms with E-state index >= 15 is 0 Å². The van der Waals surface area contributed by atoms with E-state index in [4.69, 9.17) is 19.2 Å². The lowest BCUT2D eigenvalue weighted by Crippen LogP contribution is -2.17. The average Bonchev–Trinajstić information content (AvgIpc) is 3.76. The maximum Gasteiger partial charge on any atom is 0.194 e. The summed E-state index contributed by atoms with van der Waals surface area (Å²) in [6.07, 6.45) is 10.4. The Hall–Kier alpha value is -4.79. The largest absolute Gasteiger partial charge is 0.505 e. The fourth-order valence-corrected chi connectivity index (χ4v) is 9.10. The highest BCUT2D eigenvalue weighted by Crippen LogP contribution is 2.58. The van der Waals surface area contributed by atoms with Gasteiger partial charge < -0.3 is 29.7 Å². The first-order valence-electron chi connectivity index (χ1n) is 16.9. The zero-order valence-corrected chi connectivity index (χ0v) is 28.0. The van der Waals surface area contributed by atoms with E-state index in [2.05, 4.69) is 11.4 Å². The van der Waals surface area contributed by atoms with Gasteiger partial charge in [0, 0.05) is 73.9 Å². The lowest BCUT2D eigenvalue weighted by atomic mass is 9.80. The van der Waals surface area contributed by atoms with Crippen LogP contribution in [0.5, 0.6) is 28.7 Å². The fourth-order valence-electron chi connectivity index (χ4n) is 9.10. The average molecular weight is 649 g/mol. The molecule has 8 rings (SSSR count). The van der Waals surface area contributed by atoms with Crippen LogP contribution in [0.3, 0.4) is 0 Å². The molecule has 0 aromatic heterocycles. The Bertz CT molecular complexity index is 2330. The van der Waals surface area contributed by atoms with E-state index in [1.165, 1.54) is 33.5 Å². The van der Waals surface area contributed by atoms with Crippen LogP contribution in [0.4, 0.5) is 5.69 Å². The Kier molecular flexibility index (Phi) is 7.09. The molecule has 1 atom stereocenters. The smallest absolute Gasteiger partial charge is 0.194 e. The van der Waals surface area contributed by atoms with Gasteiger partial charge in [0.25, 0.3) is 0 Å². The van der Waals surface area contributed by atoms with E-state index in [0.717, 1.165) is 62.7 Å². The number of fused-ring (bicyclic) bond motifs is 1. The molecule has 2 saturated carbocycles. The van der Waals surface area contributed by atoms with E-state index in [0.29, 0.717) is 49.1 Å². The number of rotatable bonds is 7. The Balaban J connectivity index is 1.70. The minimum Gasteiger partial charge on any atom is -0.505 e. The van der Waals surface area contributed by atoms with Crippen molar-refractivity contribution in [3.63, 3.8) is 0 Å². The van der Waals surface area contributed by atoms with Crippen molar-refractivity contribution in [2.75, 3.05) is 26.6 Å². The molecule has 5 aromatic carbocycles. The summed E-state index contributed by atoms with van der Waals surface area (Å²) in [6, 6.07) is 3.06. The first-order chi connectivity index (χ1) is 23.2. The van der Waals surface area contributed by atoms with Gasteiger partial charge in [-0.15, -0.1) is 0 Å². The van der Waals surface area contributed by atoms with Gasteiger partial charge in [0.15, 0.2) is 28.1 Å². The molecule has 3 aliphatic carbocycles. The normalized spacial score (nSPS) is 18.9. The van der Waals surface area contributed by atoms with E-state index < -0.39 is 11.3 Å². The summed E-state index contributed by atoms with van der Waals surface area (Å²) in [5.41, 5.74) is 2.87. The molecule has 0 amide bonds.